The van der Waals surface area contributed by atoms with Crippen LogP contribution in [-0.2, 0) is 6.54 Å². The van der Waals surface area contributed by atoms with Gasteiger partial charge in [-0.15, -0.1) is 0 Å². The summed E-state index contributed by atoms with van der Waals surface area (Å²) in [5.74, 6) is -3.09. The Morgan fingerprint density at radius 3 is 2.43 bits per heavy atom. The molecule has 0 aliphatic carbocycles. The number of rotatable bonds is 8. The second kappa shape index (κ2) is 9.29. The highest BCUT2D eigenvalue weighted by Crippen LogP contribution is 2.21. The number of H-pyrrole nitrogens is 1. The number of hydrogen-bond donors (Lipinski definition) is 2. The molecule has 0 atom stereocenters. The minimum atomic E-state index is -1.17. The summed E-state index contributed by atoms with van der Waals surface area (Å²) in [6.45, 7) is 4.25. The molecule has 0 aliphatic rings. The average molecular weight is 394 g/mol. The topological polar surface area (TPSA) is 101 Å². The van der Waals surface area contributed by atoms with Crippen molar-refractivity contribution in [3.05, 3.63) is 56.2 Å². The molecule has 7 nitrogen and oxygen atoms in total. The van der Waals surface area contributed by atoms with Gasteiger partial charge in [-0.2, -0.15) is 0 Å². The van der Waals surface area contributed by atoms with E-state index >= 15 is 0 Å². The zero-order valence-corrected chi connectivity index (χ0v) is 15.9. The van der Waals surface area contributed by atoms with E-state index in [0.29, 0.717) is 12.8 Å². The van der Waals surface area contributed by atoms with Crippen LogP contribution in [0.4, 0.5) is 20.3 Å². The molecule has 0 radical (unpaired) electrons. The summed E-state index contributed by atoms with van der Waals surface area (Å²) in [5, 5.41) is 0. The van der Waals surface area contributed by atoms with Crippen molar-refractivity contribution in [2.75, 3.05) is 17.2 Å². The highest BCUT2D eigenvalue weighted by Gasteiger charge is 2.25. The first-order chi connectivity index (χ1) is 13.3. The van der Waals surface area contributed by atoms with E-state index in [9.17, 15) is 23.2 Å². The number of nitrogen functional groups attached to an aromatic ring is 1. The quantitative estimate of drug-likeness (QED) is 0.719. The van der Waals surface area contributed by atoms with E-state index in [0.717, 1.165) is 35.9 Å². The lowest BCUT2D eigenvalue weighted by atomic mass is 10.1. The van der Waals surface area contributed by atoms with Crippen molar-refractivity contribution in [2.24, 2.45) is 0 Å². The Labute approximate surface area is 160 Å². The molecule has 28 heavy (non-hydrogen) atoms. The molecule has 0 spiro atoms. The fourth-order valence-corrected chi connectivity index (χ4v) is 2.79. The largest absolute Gasteiger partial charge is 0.383 e. The molecule has 1 heterocycles. The fourth-order valence-electron chi connectivity index (χ4n) is 2.79. The Balaban J connectivity index is 2.59. The number of carbonyl (C=O) groups is 1. The first-order valence-electron chi connectivity index (χ1n) is 9.21. The van der Waals surface area contributed by atoms with Crippen molar-refractivity contribution in [1.82, 2.24) is 9.55 Å². The normalized spacial score (nSPS) is 10.9. The summed E-state index contributed by atoms with van der Waals surface area (Å²) >= 11 is 0. The zero-order chi connectivity index (χ0) is 20.8. The van der Waals surface area contributed by atoms with Gasteiger partial charge in [0.25, 0.3) is 11.5 Å². The van der Waals surface area contributed by atoms with Gasteiger partial charge in [0.1, 0.15) is 5.82 Å². The molecule has 1 aromatic carbocycles. The lowest BCUT2D eigenvalue weighted by Crippen LogP contribution is -2.41. The third kappa shape index (κ3) is 4.47. The van der Waals surface area contributed by atoms with Gasteiger partial charge >= 0.3 is 5.69 Å². The van der Waals surface area contributed by atoms with E-state index in [2.05, 4.69) is 4.98 Å². The van der Waals surface area contributed by atoms with Gasteiger partial charge in [0.05, 0.1) is 0 Å². The van der Waals surface area contributed by atoms with Crippen LogP contribution in [0.5, 0.6) is 0 Å². The van der Waals surface area contributed by atoms with Gasteiger partial charge in [-0.1, -0.05) is 26.7 Å². The van der Waals surface area contributed by atoms with Gasteiger partial charge < -0.3 is 10.6 Å². The minimum Gasteiger partial charge on any atom is -0.383 e. The number of carbonyl (C=O) groups excluding carboxylic acids is 1. The Morgan fingerprint density at radius 1 is 1.14 bits per heavy atom. The predicted octanol–water partition coefficient (Wildman–Crippen LogP) is 2.64. The van der Waals surface area contributed by atoms with Crippen molar-refractivity contribution in [3.8, 4) is 0 Å². The second-order valence-corrected chi connectivity index (χ2v) is 6.44. The van der Waals surface area contributed by atoms with Crippen LogP contribution < -0.4 is 21.9 Å². The summed E-state index contributed by atoms with van der Waals surface area (Å²) in [7, 11) is 0. The maximum Gasteiger partial charge on any atom is 0.330 e. The monoisotopic (exact) mass is 394 g/mol. The van der Waals surface area contributed by atoms with Crippen LogP contribution in [0.25, 0.3) is 0 Å². The summed E-state index contributed by atoms with van der Waals surface area (Å²) < 4.78 is 28.0. The van der Waals surface area contributed by atoms with Crippen molar-refractivity contribution in [3.63, 3.8) is 0 Å². The molecular weight excluding hydrogens is 370 g/mol. The zero-order valence-electron chi connectivity index (χ0n) is 15.9. The molecule has 9 heteroatoms. The number of benzene rings is 1. The number of aromatic amines is 1. The molecule has 1 amide bonds. The van der Waals surface area contributed by atoms with Crippen molar-refractivity contribution >= 4 is 17.4 Å². The van der Waals surface area contributed by atoms with E-state index in [4.69, 9.17) is 5.73 Å². The highest BCUT2D eigenvalue weighted by molar-refractivity contribution is 6.07. The third-order valence-electron chi connectivity index (χ3n) is 4.37. The first kappa shape index (κ1) is 21.3. The molecule has 0 bridgehead atoms. The van der Waals surface area contributed by atoms with Crippen LogP contribution in [0.1, 0.15) is 49.9 Å². The SMILES string of the molecule is CCCCN(C(=O)c1ccc(F)c(F)c1)c1c(N)n(CCCC)c(=O)[nH]c1=O. The summed E-state index contributed by atoms with van der Waals surface area (Å²) in [6, 6.07) is 2.75. The lowest BCUT2D eigenvalue weighted by Gasteiger charge is -2.24. The summed E-state index contributed by atoms with van der Waals surface area (Å²) in [5.41, 5.74) is 4.33. The number of anilines is 2. The van der Waals surface area contributed by atoms with Crippen LogP contribution >= 0.6 is 0 Å². The van der Waals surface area contributed by atoms with Gasteiger partial charge in [-0.05, 0) is 31.0 Å². The number of nitrogens with two attached hydrogens (primary N) is 1. The molecule has 152 valence electrons. The highest BCUT2D eigenvalue weighted by atomic mass is 19.2. The predicted molar refractivity (Wildman–Crippen MR) is 104 cm³/mol. The molecule has 1 aromatic heterocycles. The summed E-state index contributed by atoms with van der Waals surface area (Å²) in [6.07, 6.45) is 2.71. The van der Waals surface area contributed by atoms with Gasteiger partial charge in [0.2, 0.25) is 0 Å². The Morgan fingerprint density at radius 2 is 1.82 bits per heavy atom. The third-order valence-corrected chi connectivity index (χ3v) is 4.37. The van der Waals surface area contributed by atoms with Gasteiger partial charge in [0, 0.05) is 18.7 Å². The molecule has 0 unspecified atom stereocenters. The average Bonchev–Trinajstić information content (AvgIpc) is 2.65. The lowest BCUT2D eigenvalue weighted by molar-refractivity contribution is 0.0985. The molecule has 0 saturated heterocycles. The van der Waals surface area contributed by atoms with Crippen molar-refractivity contribution in [1.29, 1.82) is 0 Å². The Bertz CT molecular complexity index is 969. The molecular formula is C19H24F2N4O3. The van der Waals surface area contributed by atoms with Gasteiger partial charge in [-0.3, -0.25) is 19.1 Å². The van der Waals surface area contributed by atoms with Crippen LogP contribution in [0.2, 0.25) is 0 Å². The van der Waals surface area contributed by atoms with Crippen LogP contribution in [0, 0.1) is 11.6 Å². The molecule has 2 rings (SSSR count). The van der Waals surface area contributed by atoms with Crippen molar-refractivity contribution in [2.45, 2.75) is 46.1 Å². The summed E-state index contributed by atoms with van der Waals surface area (Å²) in [4.78, 5) is 40.9. The van der Waals surface area contributed by atoms with Crippen LogP contribution in [-0.4, -0.2) is 22.0 Å². The molecule has 0 aliphatic heterocycles. The van der Waals surface area contributed by atoms with E-state index in [1.807, 2.05) is 13.8 Å². The Hall–Kier alpha value is -2.97. The number of nitrogens with one attached hydrogen (secondary N) is 1. The molecule has 0 saturated carbocycles. The Kier molecular flexibility index (Phi) is 7.08. The number of amides is 1. The second-order valence-electron chi connectivity index (χ2n) is 6.44. The maximum atomic E-state index is 13.6. The molecule has 3 N–H and O–H groups in total. The van der Waals surface area contributed by atoms with Crippen LogP contribution in [0.15, 0.2) is 27.8 Å². The number of hydrogen-bond acceptors (Lipinski definition) is 4. The van der Waals surface area contributed by atoms with E-state index in [-0.39, 0.29) is 30.2 Å². The fraction of sp³-hybridized carbons (Fsp3) is 0.421. The van der Waals surface area contributed by atoms with E-state index < -0.39 is 28.8 Å². The van der Waals surface area contributed by atoms with E-state index in [1.54, 1.807) is 0 Å². The minimum absolute atomic E-state index is 0.125. The van der Waals surface area contributed by atoms with Crippen molar-refractivity contribution < 1.29 is 13.6 Å². The molecule has 0 fully saturated rings. The number of nitrogens with zero attached hydrogens (tertiary/aromatic N) is 2. The standard InChI is InChI=1S/C19H24F2N4O3/c1-3-5-9-24(18(27)12-7-8-13(20)14(21)11-12)15-16(22)25(10-6-4-2)19(28)23-17(15)26/h7-8,11H,3-6,9-10,22H2,1-2H3,(H,23,26,28). The van der Waals surface area contributed by atoms with E-state index in [1.165, 1.54) is 4.57 Å². The first-order valence-corrected chi connectivity index (χ1v) is 9.21. The van der Waals surface area contributed by atoms with Gasteiger partial charge in [-0.25, -0.2) is 13.6 Å². The smallest absolute Gasteiger partial charge is 0.330 e. The van der Waals surface area contributed by atoms with Crippen LogP contribution in [0.3, 0.4) is 0 Å². The van der Waals surface area contributed by atoms with Gasteiger partial charge in [0.15, 0.2) is 17.3 Å². The maximum absolute atomic E-state index is 13.6. The number of unbranched alkanes of at least 4 members (excludes halogenated alkanes) is 2. The number of halogens is 2. The molecule has 2 aromatic rings. The number of aromatic nitrogens is 2.